The number of piperidine rings is 1. The molecule has 0 N–H and O–H groups in total. The molecule has 6 atom stereocenters. The Morgan fingerprint density at radius 3 is 2.51 bits per heavy atom. The zero-order valence-corrected chi connectivity index (χ0v) is 24.2. The van der Waals surface area contributed by atoms with Crippen LogP contribution in [0.3, 0.4) is 0 Å². The predicted octanol–water partition coefficient (Wildman–Crippen LogP) is 6.69. The fraction of sp³-hybridized carbons (Fsp3) is 0.514. The second kappa shape index (κ2) is 8.84. The quantitative estimate of drug-likeness (QED) is 0.314. The molecule has 41 heavy (non-hydrogen) atoms. The maximum atomic E-state index is 7.41. The van der Waals surface area contributed by atoms with Gasteiger partial charge in [-0.15, -0.1) is 0 Å². The molecule has 0 amide bonds. The number of hydrogen-bond acceptors (Lipinski definition) is 4. The molecule has 3 aromatic carbocycles. The van der Waals surface area contributed by atoms with Crippen LogP contribution < -0.4 is 9.47 Å². The maximum absolute atomic E-state index is 7.41. The third kappa shape index (κ3) is 3.19. The van der Waals surface area contributed by atoms with Crippen LogP contribution in [0, 0.1) is 17.3 Å². The molecule has 10 rings (SSSR count). The molecule has 2 heterocycles. The summed E-state index contributed by atoms with van der Waals surface area (Å²) in [5.41, 5.74) is 5.91. The van der Waals surface area contributed by atoms with Crippen LogP contribution in [-0.4, -0.2) is 43.9 Å². The summed E-state index contributed by atoms with van der Waals surface area (Å²) in [7, 11) is 1.81. The van der Waals surface area contributed by atoms with Crippen LogP contribution in [0.25, 0.3) is 0 Å². The Bertz CT molecular complexity index is 1470. The molecule has 3 aromatic rings. The van der Waals surface area contributed by atoms with Crippen LogP contribution in [0.4, 0.5) is 0 Å². The molecule has 5 aliphatic carbocycles. The van der Waals surface area contributed by atoms with E-state index in [0.717, 1.165) is 30.4 Å². The van der Waals surface area contributed by atoms with Gasteiger partial charge in [0, 0.05) is 34.4 Å². The van der Waals surface area contributed by atoms with Crippen molar-refractivity contribution < 1.29 is 14.2 Å². The Morgan fingerprint density at radius 1 is 0.927 bits per heavy atom. The highest BCUT2D eigenvalue weighted by atomic mass is 16.5. The van der Waals surface area contributed by atoms with Crippen molar-refractivity contribution in [3.8, 4) is 11.5 Å². The number of benzene rings is 3. The van der Waals surface area contributed by atoms with Crippen molar-refractivity contribution in [3.63, 3.8) is 0 Å². The zero-order valence-electron chi connectivity index (χ0n) is 24.2. The van der Waals surface area contributed by atoms with Crippen LogP contribution in [0.5, 0.6) is 11.5 Å². The van der Waals surface area contributed by atoms with Gasteiger partial charge in [-0.1, -0.05) is 66.7 Å². The molecule has 2 aliphatic heterocycles. The third-order valence-corrected chi connectivity index (χ3v) is 12.5. The van der Waals surface area contributed by atoms with Gasteiger partial charge in [0.05, 0.1) is 20.3 Å². The Hall–Kier alpha value is -2.82. The fourth-order valence-electron chi connectivity index (χ4n) is 10.7. The fourth-order valence-corrected chi connectivity index (χ4v) is 10.7. The number of hydrogen-bond donors (Lipinski definition) is 0. The van der Waals surface area contributed by atoms with E-state index in [-0.39, 0.29) is 22.3 Å². The number of rotatable bonds is 8. The third-order valence-electron chi connectivity index (χ3n) is 12.5. The van der Waals surface area contributed by atoms with Crippen molar-refractivity contribution in [2.24, 2.45) is 17.3 Å². The van der Waals surface area contributed by atoms with Gasteiger partial charge in [0.1, 0.15) is 6.10 Å². The lowest BCUT2D eigenvalue weighted by molar-refractivity contribution is -0.220. The lowest BCUT2D eigenvalue weighted by Crippen LogP contribution is -2.80. The topological polar surface area (TPSA) is 30.9 Å². The van der Waals surface area contributed by atoms with Crippen molar-refractivity contribution in [2.45, 2.75) is 74.5 Å². The summed E-state index contributed by atoms with van der Waals surface area (Å²) in [6.07, 6.45) is 8.95. The van der Waals surface area contributed by atoms with E-state index in [9.17, 15) is 0 Å². The Kier molecular flexibility index (Phi) is 5.34. The van der Waals surface area contributed by atoms with Crippen molar-refractivity contribution in [1.29, 1.82) is 0 Å². The molecule has 0 aromatic heterocycles. The minimum Gasteiger partial charge on any atom is -0.493 e. The van der Waals surface area contributed by atoms with Gasteiger partial charge < -0.3 is 14.2 Å². The minimum atomic E-state index is -0.0818. The van der Waals surface area contributed by atoms with Gasteiger partial charge in [0.25, 0.3) is 0 Å². The van der Waals surface area contributed by atoms with Gasteiger partial charge in [0.2, 0.25) is 0 Å². The summed E-state index contributed by atoms with van der Waals surface area (Å²) >= 11 is 0. The van der Waals surface area contributed by atoms with Crippen LogP contribution in [-0.2, 0) is 28.6 Å². The molecule has 1 saturated heterocycles. The van der Waals surface area contributed by atoms with E-state index in [1.807, 2.05) is 7.11 Å². The summed E-state index contributed by atoms with van der Waals surface area (Å²) in [4.78, 5) is 2.94. The highest BCUT2D eigenvalue weighted by molar-refractivity contribution is 5.64. The maximum Gasteiger partial charge on any atom is 0.165 e. The van der Waals surface area contributed by atoms with Gasteiger partial charge in [-0.2, -0.15) is 0 Å². The predicted molar refractivity (Wildman–Crippen MR) is 159 cm³/mol. The lowest BCUT2D eigenvalue weighted by Gasteiger charge is -2.74. The number of nitrogens with zero attached hydrogens (tertiary/aromatic N) is 1. The molecule has 7 aliphatic rings. The minimum absolute atomic E-state index is 0.0409. The molecular formula is C37H41NO3. The van der Waals surface area contributed by atoms with E-state index in [1.165, 1.54) is 73.9 Å². The second-order valence-corrected chi connectivity index (χ2v) is 14.0. The van der Waals surface area contributed by atoms with Crippen LogP contribution in [0.1, 0.15) is 60.8 Å². The Morgan fingerprint density at radius 2 is 1.73 bits per heavy atom. The van der Waals surface area contributed by atoms with Crippen molar-refractivity contribution in [2.75, 3.05) is 26.8 Å². The highest BCUT2D eigenvalue weighted by Gasteiger charge is 2.80. The standard InChI is InChI=1S/C37H41NO3/c1-39-30-15-14-27-20-31-35-16-17-36(28-10-6-3-7-11-28,29(21-35)24-40-23-26-8-4-2-5-9-26)34-37(35,32(27)33(30)41-34)18-19-38(31)22-25-12-13-25/h2-11,14-15,25,29,31,34H,12-13,16-24H2,1H3/t29-,31-,34+,35?,36?,37?/m1/s1. The summed E-state index contributed by atoms with van der Waals surface area (Å²) in [6, 6.07) is 27.2. The van der Waals surface area contributed by atoms with Gasteiger partial charge in [-0.05, 0) is 86.1 Å². The van der Waals surface area contributed by atoms with E-state index in [0.29, 0.717) is 18.6 Å². The summed E-state index contributed by atoms with van der Waals surface area (Å²) < 4.78 is 20.1. The molecule has 4 bridgehead atoms. The van der Waals surface area contributed by atoms with Crippen LogP contribution >= 0.6 is 0 Å². The number of methoxy groups -OCH3 is 1. The first-order valence-electron chi connectivity index (χ1n) is 16.0. The van der Waals surface area contributed by atoms with E-state index in [2.05, 4.69) is 77.7 Å². The Balaban J connectivity index is 1.20. The van der Waals surface area contributed by atoms with Crippen LogP contribution in [0.15, 0.2) is 72.8 Å². The van der Waals surface area contributed by atoms with E-state index in [1.54, 1.807) is 0 Å². The lowest BCUT2D eigenvalue weighted by atomic mass is 9.32. The smallest absolute Gasteiger partial charge is 0.165 e. The summed E-state index contributed by atoms with van der Waals surface area (Å²) in [5, 5.41) is 0. The van der Waals surface area contributed by atoms with Crippen molar-refractivity contribution in [3.05, 3.63) is 95.1 Å². The molecule has 4 saturated carbocycles. The first-order chi connectivity index (χ1) is 20.2. The van der Waals surface area contributed by atoms with E-state index >= 15 is 0 Å². The molecule has 5 fully saturated rings. The van der Waals surface area contributed by atoms with Gasteiger partial charge in [-0.25, -0.2) is 0 Å². The first-order valence-corrected chi connectivity index (χ1v) is 16.0. The van der Waals surface area contributed by atoms with Gasteiger partial charge >= 0.3 is 0 Å². The SMILES string of the molecule is COc1ccc2c3c1O[C@H]1C4(c5ccccc5)CCC5(C[C@@H]4COCc4ccccc4)[C@@H](C2)N(CC2CC2)CCC315. The Labute approximate surface area is 244 Å². The largest absolute Gasteiger partial charge is 0.493 e. The molecule has 4 heteroatoms. The number of fused-ring (bicyclic) bond motifs is 2. The van der Waals surface area contributed by atoms with Crippen molar-refractivity contribution in [1.82, 2.24) is 4.90 Å². The summed E-state index contributed by atoms with van der Waals surface area (Å²) in [6.45, 7) is 3.92. The second-order valence-electron chi connectivity index (χ2n) is 14.0. The molecule has 0 radical (unpaired) electrons. The van der Waals surface area contributed by atoms with Gasteiger partial charge in [-0.3, -0.25) is 4.90 Å². The van der Waals surface area contributed by atoms with Gasteiger partial charge in [0.15, 0.2) is 11.5 Å². The monoisotopic (exact) mass is 547 g/mol. The highest BCUT2D eigenvalue weighted by Crippen LogP contribution is 2.78. The van der Waals surface area contributed by atoms with Crippen LogP contribution in [0.2, 0.25) is 0 Å². The van der Waals surface area contributed by atoms with Crippen molar-refractivity contribution >= 4 is 0 Å². The zero-order chi connectivity index (χ0) is 27.2. The molecule has 212 valence electrons. The number of likely N-dealkylation sites (tertiary alicyclic amines) is 1. The molecule has 3 unspecified atom stereocenters. The molecular weight excluding hydrogens is 506 g/mol. The summed E-state index contributed by atoms with van der Waals surface area (Å²) in [5.74, 6) is 3.29. The molecule has 2 spiro atoms. The average Bonchev–Trinajstić information content (AvgIpc) is 3.76. The van der Waals surface area contributed by atoms with E-state index in [4.69, 9.17) is 14.2 Å². The normalized spacial score (nSPS) is 36.1. The van der Waals surface area contributed by atoms with E-state index < -0.39 is 0 Å². The average molecular weight is 548 g/mol. The molecule has 4 nitrogen and oxygen atoms in total. The number of ether oxygens (including phenoxy) is 3. The first kappa shape index (κ1) is 24.7.